The SMILES string of the molecule is CC(C)OB(OC1=CCCCCCCCC1)OC(C)C. The maximum Gasteiger partial charge on any atom is 0.713 e. The van der Waals surface area contributed by atoms with Crippen LogP contribution in [0.2, 0.25) is 0 Å². The molecule has 0 aliphatic heterocycles. The fourth-order valence-corrected chi connectivity index (χ4v) is 2.28. The lowest BCUT2D eigenvalue weighted by Crippen LogP contribution is -2.32. The van der Waals surface area contributed by atoms with Crippen LogP contribution in [0.4, 0.5) is 0 Å². The van der Waals surface area contributed by atoms with Crippen LogP contribution in [0.3, 0.4) is 0 Å². The highest BCUT2D eigenvalue weighted by Gasteiger charge is 2.27. The van der Waals surface area contributed by atoms with E-state index in [2.05, 4.69) is 6.08 Å². The maximum atomic E-state index is 5.96. The zero-order valence-electron chi connectivity index (χ0n) is 13.7. The van der Waals surface area contributed by atoms with E-state index < -0.39 is 7.32 Å². The summed E-state index contributed by atoms with van der Waals surface area (Å²) < 4.78 is 17.4. The molecule has 0 saturated heterocycles. The minimum atomic E-state index is -0.579. The number of hydrogen-bond acceptors (Lipinski definition) is 3. The largest absolute Gasteiger partial charge is 0.713 e. The van der Waals surface area contributed by atoms with Gasteiger partial charge in [-0.05, 0) is 53.0 Å². The summed E-state index contributed by atoms with van der Waals surface area (Å²) in [7, 11) is -0.579. The molecule has 116 valence electrons. The van der Waals surface area contributed by atoms with Gasteiger partial charge in [-0.3, -0.25) is 0 Å². The van der Waals surface area contributed by atoms with E-state index in [0.29, 0.717) is 0 Å². The third-order valence-electron chi connectivity index (χ3n) is 3.26. The van der Waals surface area contributed by atoms with Crippen molar-refractivity contribution in [3.05, 3.63) is 11.8 Å². The molecule has 3 nitrogen and oxygen atoms in total. The summed E-state index contributed by atoms with van der Waals surface area (Å²) in [5, 5.41) is 0. The van der Waals surface area contributed by atoms with E-state index in [1.54, 1.807) is 0 Å². The van der Waals surface area contributed by atoms with Crippen LogP contribution in [-0.2, 0) is 14.0 Å². The van der Waals surface area contributed by atoms with Crippen molar-refractivity contribution in [1.29, 1.82) is 0 Å². The van der Waals surface area contributed by atoms with Crippen LogP contribution in [0, 0.1) is 0 Å². The van der Waals surface area contributed by atoms with E-state index >= 15 is 0 Å². The van der Waals surface area contributed by atoms with Gasteiger partial charge in [-0.1, -0.05) is 25.7 Å². The summed E-state index contributed by atoms with van der Waals surface area (Å²) in [6.45, 7) is 8.01. The van der Waals surface area contributed by atoms with Gasteiger partial charge in [0.05, 0.1) is 5.76 Å². The van der Waals surface area contributed by atoms with Gasteiger partial charge in [-0.15, -0.1) is 0 Å². The molecule has 4 heteroatoms. The lowest BCUT2D eigenvalue weighted by molar-refractivity contribution is 0.0657. The van der Waals surface area contributed by atoms with Gasteiger partial charge in [0.25, 0.3) is 0 Å². The van der Waals surface area contributed by atoms with Gasteiger partial charge in [0.15, 0.2) is 0 Å². The van der Waals surface area contributed by atoms with Crippen LogP contribution in [0.5, 0.6) is 0 Å². The Morgan fingerprint density at radius 3 is 2.00 bits per heavy atom. The zero-order valence-corrected chi connectivity index (χ0v) is 13.7. The van der Waals surface area contributed by atoms with Gasteiger partial charge in [-0.2, -0.15) is 0 Å². The van der Waals surface area contributed by atoms with Crippen LogP contribution in [0.25, 0.3) is 0 Å². The average Bonchev–Trinajstić information content (AvgIpc) is 2.35. The molecule has 0 amide bonds. The van der Waals surface area contributed by atoms with Crippen molar-refractivity contribution < 1.29 is 14.0 Å². The van der Waals surface area contributed by atoms with Crippen LogP contribution in [0.1, 0.15) is 79.1 Å². The van der Waals surface area contributed by atoms with Crippen LogP contribution in [-0.4, -0.2) is 19.5 Å². The monoisotopic (exact) mass is 282 g/mol. The summed E-state index contributed by atoms with van der Waals surface area (Å²) in [4.78, 5) is 0. The summed E-state index contributed by atoms with van der Waals surface area (Å²) in [6.07, 6.45) is 12.3. The topological polar surface area (TPSA) is 27.7 Å². The molecule has 0 aromatic rings. The molecule has 0 saturated carbocycles. The number of rotatable bonds is 6. The molecule has 1 aliphatic rings. The molecule has 0 spiro atoms. The third-order valence-corrected chi connectivity index (χ3v) is 3.26. The van der Waals surface area contributed by atoms with E-state index in [0.717, 1.165) is 18.6 Å². The molecule has 0 atom stereocenters. The van der Waals surface area contributed by atoms with E-state index in [1.807, 2.05) is 27.7 Å². The molecule has 0 unspecified atom stereocenters. The van der Waals surface area contributed by atoms with Crippen LogP contribution >= 0.6 is 0 Å². The highest BCUT2D eigenvalue weighted by Crippen LogP contribution is 2.19. The van der Waals surface area contributed by atoms with Crippen molar-refractivity contribution in [1.82, 2.24) is 0 Å². The summed E-state index contributed by atoms with van der Waals surface area (Å²) in [6, 6.07) is 0. The lowest BCUT2D eigenvalue weighted by atomic mass is 10.0. The maximum absolute atomic E-state index is 5.96. The molecule has 0 aromatic heterocycles. The first-order chi connectivity index (χ1) is 9.58. The average molecular weight is 282 g/mol. The van der Waals surface area contributed by atoms with E-state index in [9.17, 15) is 0 Å². The Bertz CT molecular complexity index is 267. The second-order valence-electron chi connectivity index (χ2n) is 6.11. The Morgan fingerprint density at radius 2 is 1.40 bits per heavy atom. The predicted octanol–water partition coefficient (Wildman–Crippen LogP) is 4.86. The first-order valence-corrected chi connectivity index (χ1v) is 8.24. The summed E-state index contributed by atoms with van der Waals surface area (Å²) in [5.74, 6) is 1.04. The third kappa shape index (κ3) is 8.65. The second-order valence-corrected chi connectivity index (χ2v) is 6.11. The summed E-state index contributed by atoms with van der Waals surface area (Å²) in [5.41, 5.74) is 0. The van der Waals surface area contributed by atoms with E-state index in [1.165, 1.54) is 38.5 Å². The van der Waals surface area contributed by atoms with Gasteiger partial charge >= 0.3 is 7.32 Å². The van der Waals surface area contributed by atoms with Gasteiger partial charge in [-0.25, -0.2) is 0 Å². The minimum Gasteiger partial charge on any atom is -0.516 e. The van der Waals surface area contributed by atoms with Crippen molar-refractivity contribution in [3.8, 4) is 0 Å². The highest BCUT2D eigenvalue weighted by molar-refractivity contribution is 6.36. The molecule has 20 heavy (non-hydrogen) atoms. The molecular weight excluding hydrogens is 251 g/mol. The van der Waals surface area contributed by atoms with Crippen molar-refractivity contribution in [2.45, 2.75) is 91.3 Å². The second kappa shape index (κ2) is 10.3. The van der Waals surface area contributed by atoms with Crippen molar-refractivity contribution in [2.24, 2.45) is 0 Å². The molecule has 0 N–H and O–H groups in total. The van der Waals surface area contributed by atoms with Crippen molar-refractivity contribution in [3.63, 3.8) is 0 Å². The smallest absolute Gasteiger partial charge is 0.516 e. The predicted molar refractivity (Wildman–Crippen MR) is 84.3 cm³/mol. The molecule has 0 radical (unpaired) electrons. The molecule has 0 aromatic carbocycles. The molecule has 0 bridgehead atoms. The fourth-order valence-electron chi connectivity index (χ4n) is 2.28. The van der Waals surface area contributed by atoms with Crippen LogP contribution < -0.4 is 0 Å². The molecule has 0 heterocycles. The van der Waals surface area contributed by atoms with Gasteiger partial charge in [0.1, 0.15) is 0 Å². The van der Waals surface area contributed by atoms with Gasteiger partial charge < -0.3 is 14.0 Å². The first kappa shape index (κ1) is 17.6. The van der Waals surface area contributed by atoms with E-state index in [-0.39, 0.29) is 12.2 Å². The normalized spacial score (nSPS) is 18.0. The number of hydrogen-bond donors (Lipinski definition) is 0. The Balaban J connectivity index is 2.54. The molecular formula is C16H31BO3. The minimum absolute atomic E-state index is 0.0962. The quantitative estimate of drug-likeness (QED) is 0.651. The summed E-state index contributed by atoms with van der Waals surface area (Å²) >= 11 is 0. The highest BCUT2D eigenvalue weighted by atomic mass is 16.7. The van der Waals surface area contributed by atoms with E-state index in [4.69, 9.17) is 14.0 Å². The molecule has 1 rings (SSSR count). The Morgan fingerprint density at radius 1 is 0.850 bits per heavy atom. The van der Waals surface area contributed by atoms with Crippen molar-refractivity contribution >= 4 is 7.32 Å². The standard InChI is InChI=1S/C16H31BO3/c1-14(2)18-17(19-15(3)4)20-16-12-10-8-6-5-7-9-11-13-16/h12,14-15H,5-11,13H2,1-4H3. The Kier molecular flexibility index (Phi) is 9.03. The fraction of sp³-hybridized carbons (Fsp3) is 0.875. The lowest BCUT2D eigenvalue weighted by Gasteiger charge is -2.21. The number of allylic oxidation sites excluding steroid dienone is 2. The van der Waals surface area contributed by atoms with Crippen LogP contribution in [0.15, 0.2) is 11.8 Å². The molecule has 1 aliphatic carbocycles. The Hall–Kier alpha value is -0.475. The molecule has 0 fully saturated rings. The Labute approximate surface area is 125 Å². The van der Waals surface area contributed by atoms with Gasteiger partial charge in [0.2, 0.25) is 0 Å². The zero-order chi connectivity index (χ0) is 14.8. The first-order valence-electron chi connectivity index (χ1n) is 8.24. The van der Waals surface area contributed by atoms with Crippen molar-refractivity contribution in [2.75, 3.05) is 0 Å². The van der Waals surface area contributed by atoms with Gasteiger partial charge in [0, 0.05) is 18.6 Å².